The summed E-state index contributed by atoms with van der Waals surface area (Å²) in [5.74, 6) is 1.38. The molecule has 0 bridgehead atoms. The van der Waals surface area contributed by atoms with Crippen molar-refractivity contribution in [3.8, 4) is 0 Å². The first-order valence-corrected chi connectivity index (χ1v) is 8.24. The predicted molar refractivity (Wildman–Crippen MR) is 101 cm³/mol. The molecule has 4 N–H and O–H groups in total. The third-order valence-electron chi connectivity index (χ3n) is 3.43. The monoisotopic (exact) mass is 367 g/mol. The zero-order valence-electron chi connectivity index (χ0n) is 14.3. The lowest BCUT2D eigenvalue weighted by Crippen LogP contribution is -2.33. The standard InChI is InChI=1S/C18H18FN7O/c19-13-5-1-2-6-14(13)25-18(27)22-10-9-21-16-11-17(24-12-23-16)26-15-7-3-4-8-20-15/h1-8,11-12H,9-10H2,(H2,22,25,27)(H2,20,21,23,24,26). The Morgan fingerprint density at radius 1 is 0.926 bits per heavy atom. The van der Waals surface area contributed by atoms with E-state index in [1.165, 1.54) is 18.5 Å². The minimum Gasteiger partial charge on any atom is -0.368 e. The molecule has 0 fully saturated rings. The highest BCUT2D eigenvalue weighted by atomic mass is 19.1. The summed E-state index contributed by atoms with van der Waals surface area (Å²) in [4.78, 5) is 24.2. The summed E-state index contributed by atoms with van der Waals surface area (Å²) in [6, 6.07) is 12.7. The fourth-order valence-corrected chi connectivity index (χ4v) is 2.19. The maximum absolute atomic E-state index is 13.5. The summed E-state index contributed by atoms with van der Waals surface area (Å²) in [5.41, 5.74) is 0.129. The van der Waals surface area contributed by atoms with E-state index in [1.807, 2.05) is 18.2 Å². The Hall–Kier alpha value is -3.75. The maximum atomic E-state index is 13.5. The van der Waals surface area contributed by atoms with Crippen molar-refractivity contribution in [3.63, 3.8) is 0 Å². The molecular weight excluding hydrogens is 349 g/mol. The molecule has 1 aromatic carbocycles. The van der Waals surface area contributed by atoms with Crippen molar-refractivity contribution in [3.05, 3.63) is 66.9 Å². The van der Waals surface area contributed by atoms with Gasteiger partial charge in [0.25, 0.3) is 0 Å². The van der Waals surface area contributed by atoms with Crippen molar-refractivity contribution >= 4 is 29.2 Å². The summed E-state index contributed by atoms with van der Waals surface area (Å²) in [5, 5.41) is 11.2. The van der Waals surface area contributed by atoms with Gasteiger partial charge in [-0.05, 0) is 24.3 Å². The number of halogens is 1. The van der Waals surface area contributed by atoms with E-state index < -0.39 is 11.8 Å². The van der Waals surface area contributed by atoms with Crippen LogP contribution in [0.4, 0.5) is 32.3 Å². The number of nitrogens with one attached hydrogen (secondary N) is 4. The summed E-state index contributed by atoms with van der Waals surface area (Å²) in [6.07, 6.45) is 3.10. The van der Waals surface area contributed by atoms with Crippen LogP contribution >= 0.6 is 0 Å². The molecule has 2 amide bonds. The number of urea groups is 1. The van der Waals surface area contributed by atoms with Gasteiger partial charge in [-0.3, -0.25) is 0 Å². The van der Waals surface area contributed by atoms with Crippen molar-refractivity contribution in [1.82, 2.24) is 20.3 Å². The van der Waals surface area contributed by atoms with Gasteiger partial charge in [0.2, 0.25) is 0 Å². The molecule has 2 aromatic heterocycles. The van der Waals surface area contributed by atoms with E-state index in [2.05, 4.69) is 36.2 Å². The molecule has 8 nitrogen and oxygen atoms in total. The van der Waals surface area contributed by atoms with Crippen LogP contribution in [0.1, 0.15) is 0 Å². The number of para-hydroxylation sites is 1. The van der Waals surface area contributed by atoms with Crippen molar-refractivity contribution in [2.45, 2.75) is 0 Å². The first-order valence-electron chi connectivity index (χ1n) is 8.24. The van der Waals surface area contributed by atoms with Crippen LogP contribution in [0.2, 0.25) is 0 Å². The van der Waals surface area contributed by atoms with Gasteiger partial charge >= 0.3 is 6.03 Å². The second kappa shape index (κ2) is 9.09. The Morgan fingerprint density at radius 3 is 2.56 bits per heavy atom. The van der Waals surface area contributed by atoms with Crippen LogP contribution in [0.5, 0.6) is 0 Å². The van der Waals surface area contributed by atoms with Gasteiger partial charge < -0.3 is 21.3 Å². The number of carbonyl (C=O) groups is 1. The minimum absolute atomic E-state index is 0.129. The normalized spacial score (nSPS) is 10.1. The molecule has 138 valence electrons. The van der Waals surface area contributed by atoms with E-state index in [0.29, 0.717) is 30.5 Å². The van der Waals surface area contributed by atoms with Crippen molar-refractivity contribution in [2.75, 3.05) is 29.0 Å². The SMILES string of the molecule is O=C(NCCNc1cc(Nc2ccccn2)ncn1)Nc1ccccc1F. The number of amides is 2. The number of carbonyl (C=O) groups excluding carboxylic acids is 1. The number of nitrogens with zero attached hydrogens (tertiary/aromatic N) is 3. The molecular formula is C18H18FN7O. The molecule has 0 unspecified atom stereocenters. The molecule has 0 atom stereocenters. The van der Waals surface area contributed by atoms with Crippen LogP contribution in [0, 0.1) is 5.82 Å². The fourth-order valence-electron chi connectivity index (χ4n) is 2.19. The smallest absolute Gasteiger partial charge is 0.319 e. The van der Waals surface area contributed by atoms with Crippen LogP contribution in [-0.4, -0.2) is 34.1 Å². The zero-order valence-corrected chi connectivity index (χ0v) is 14.3. The van der Waals surface area contributed by atoms with Crippen LogP contribution in [0.3, 0.4) is 0 Å². The highest BCUT2D eigenvalue weighted by molar-refractivity contribution is 5.89. The van der Waals surface area contributed by atoms with Crippen molar-refractivity contribution < 1.29 is 9.18 Å². The highest BCUT2D eigenvalue weighted by Crippen LogP contribution is 2.13. The van der Waals surface area contributed by atoms with Crippen molar-refractivity contribution in [1.29, 1.82) is 0 Å². The first-order chi connectivity index (χ1) is 13.2. The number of hydrogen-bond donors (Lipinski definition) is 4. The van der Waals surface area contributed by atoms with E-state index in [-0.39, 0.29) is 5.69 Å². The second-order valence-electron chi connectivity index (χ2n) is 5.42. The fraction of sp³-hybridized carbons (Fsp3) is 0.111. The molecule has 3 rings (SSSR count). The van der Waals surface area contributed by atoms with Gasteiger partial charge in [0.05, 0.1) is 5.69 Å². The molecule has 0 aliphatic rings. The molecule has 0 saturated heterocycles. The van der Waals surface area contributed by atoms with Gasteiger partial charge in [-0.15, -0.1) is 0 Å². The molecule has 2 heterocycles. The Labute approximate surface area is 155 Å². The average Bonchev–Trinajstić information content (AvgIpc) is 2.68. The molecule has 0 aliphatic carbocycles. The molecule has 0 spiro atoms. The number of aromatic nitrogens is 3. The van der Waals surface area contributed by atoms with Gasteiger partial charge in [0.1, 0.15) is 29.6 Å². The van der Waals surface area contributed by atoms with Gasteiger partial charge in [-0.25, -0.2) is 24.1 Å². The van der Waals surface area contributed by atoms with Crippen molar-refractivity contribution in [2.24, 2.45) is 0 Å². The van der Waals surface area contributed by atoms with Crippen LogP contribution in [0.15, 0.2) is 61.1 Å². The maximum Gasteiger partial charge on any atom is 0.319 e. The molecule has 27 heavy (non-hydrogen) atoms. The quantitative estimate of drug-likeness (QED) is 0.479. The largest absolute Gasteiger partial charge is 0.368 e. The highest BCUT2D eigenvalue weighted by Gasteiger charge is 2.05. The molecule has 0 saturated carbocycles. The molecule has 0 radical (unpaired) electrons. The number of rotatable bonds is 7. The molecule has 0 aliphatic heterocycles. The topological polar surface area (TPSA) is 104 Å². The Balaban J connectivity index is 1.43. The lowest BCUT2D eigenvalue weighted by atomic mass is 10.3. The van der Waals surface area contributed by atoms with Crippen LogP contribution in [0.25, 0.3) is 0 Å². The Kier molecular flexibility index (Phi) is 6.08. The summed E-state index contributed by atoms with van der Waals surface area (Å²) in [6.45, 7) is 0.762. The lowest BCUT2D eigenvalue weighted by molar-refractivity contribution is 0.252. The zero-order chi connectivity index (χ0) is 18.9. The number of anilines is 4. The van der Waals surface area contributed by atoms with E-state index >= 15 is 0 Å². The van der Waals surface area contributed by atoms with E-state index in [9.17, 15) is 9.18 Å². The lowest BCUT2D eigenvalue weighted by Gasteiger charge is -2.10. The summed E-state index contributed by atoms with van der Waals surface area (Å²) >= 11 is 0. The average molecular weight is 367 g/mol. The number of pyridine rings is 1. The second-order valence-corrected chi connectivity index (χ2v) is 5.42. The van der Waals surface area contributed by atoms with E-state index in [4.69, 9.17) is 0 Å². The summed E-state index contributed by atoms with van der Waals surface area (Å²) in [7, 11) is 0. The molecule has 9 heteroatoms. The first kappa shape index (κ1) is 18.1. The van der Waals surface area contributed by atoms with E-state index in [0.717, 1.165) is 0 Å². The number of benzene rings is 1. The third-order valence-corrected chi connectivity index (χ3v) is 3.43. The van der Waals surface area contributed by atoms with Crippen LogP contribution < -0.4 is 21.3 Å². The van der Waals surface area contributed by atoms with Gasteiger partial charge in [0.15, 0.2) is 0 Å². The molecule has 3 aromatic rings. The van der Waals surface area contributed by atoms with Crippen LogP contribution in [-0.2, 0) is 0 Å². The summed E-state index contributed by atoms with van der Waals surface area (Å²) < 4.78 is 13.5. The minimum atomic E-state index is -0.486. The Morgan fingerprint density at radius 2 is 1.74 bits per heavy atom. The van der Waals surface area contributed by atoms with Gasteiger partial charge in [-0.1, -0.05) is 18.2 Å². The third kappa shape index (κ3) is 5.63. The van der Waals surface area contributed by atoms with E-state index in [1.54, 1.807) is 24.4 Å². The number of hydrogen-bond acceptors (Lipinski definition) is 6. The van der Waals surface area contributed by atoms with Gasteiger partial charge in [0, 0.05) is 25.4 Å². The Bertz CT molecular complexity index is 892. The predicted octanol–water partition coefficient (Wildman–Crippen LogP) is 2.99. The van der Waals surface area contributed by atoms with Gasteiger partial charge in [-0.2, -0.15) is 0 Å².